The number of benzene rings is 1. The highest BCUT2D eigenvalue weighted by molar-refractivity contribution is 5.76. The van der Waals surface area contributed by atoms with E-state index in [1.807, 2.05) is 25.1 Å². The van der Waals surface area contributed by atoms with Crippen LogP contribution in [0.3, 0.4) is 0 Å². The van der Waals surface area contributed by atoms with Gasteiger partial charge in [0.05, 0.1) is 10.5 Å². The van der Waals surface area contributed by atoms with E-state index < -0.39 is 0 Å². The van der Waals surface area contributed by atoms with Crippen LogP contribution in [-0.2, 0) is 6.42 Å². The van der Waals surface area contributed by atoms with Gasteiger partial charge in [0.25, 0.3) is 5.69 Å². The Kier molecular flexibility index (Phi) is 5.74. The summed E-state index contributed by atoms with van der Waals surface area (Å²) in [6.07, 6.45) is 3.43. The van der Waals surface area contributed by atoms with E-state index in [-0.39, 0.29) is 4.92 Å². The Morgan fingerprint density at radius 1 is 1.11 bits per heavy atom. The molecule has 1 aromatic carbocycles. The number of nitro benzene ring substituents is 1. The zero-order valence-corrected chi connectivity index (χ0v) is 12.3. The van der Waals surface area contributed by atoms with Crippen molar-refractivity contribution in [1.29, 1.82) is 0 Å². The van der Waals surface area contributed by atoms with Crippen LogP contribution >= 0.6 is 0 Å². The molecule has 0 atom stereocenters. The molecule has 0 unspecified atom stereocenters. The molecule has 0 saturated carbocycles. The number of hydrogen-bond acceptors (Lipinski definition) is 2. The second-order valence-corrected chi connectivity index (χ2v) is 4.57. The number of para-hydroxylation sites is 1. The highest BCUT2D eigenvalue weighted by atomic mass is 16.6. The maximum Gasteiger partial charge on any atom is 0.279 e. The summed E-state index contributed by atoms with van der Waals surface area (Å²) >= 11 is 0. The van der Waals surface area contributed by atoms with E-state index in [0.717, 1.165) is 36.0 Å². The van der Waals surface area contributed by atoms with Crippen LogP contribution in [-0.4, -0.2) is 4.92 Å². The summed E-state index contributed by atoms with van der Waals surface area (Å²) in [5, 5.41) is 11.4. The van der Waals surface area contributed by atoms with Crippen LogP contribution in [0.1, 0.15) is 58.1 Å². The van der Waals surface area contributed by atoms with Gasteiger partial charge in [0, 0.05) is 5.56 Å². The molecule has 19 heavy (non-hydrogen) atoms. The lowest BCUT2D eigenvalue weighted by Gasteiger charge is -2.13. The summed E-state index contributed by atoms with van der Waals surface area (Å²) in [7, 11) is 0. The smallest absolute Gasteiger partial charge is 0.258 e. The van der Waals surface area contributed by atoms with Crippen molar-refractivity contribution in [2.24, 2.45) is 0 Å². The molecule has 1 rings (SSSR count). The molecule has 0 bridgehead atoms. The van der Waals surface area contributed by atoms with E-state index in [2.05, 4.69) is 20.8 Å². The molecule has 104 valence electrons. The SMILES string of the molecule is CCC(CC)=C(CC)c1cccc(CC)c1[N+](=O)[O-]. The molecule has 0 aliphatic heterocycles. The molecule has 3 nitrogen and oxygen atoms in total. The summed E-state index contributed by atoms with van der Waals surface area (Å²) in [4.78, 5) is 11.2. The van der Waals surface area contributed by atoms with E-state index in [0.29, 0.717) is 12.1 Å². The van der Waals surface area contributed by atoms with E-state index in [9.17, 15) is 10.1 Å². The predicted molar refractivity (Wildman–Crippen MR) is 80.3 cm³/mol. The standard InChI is InChI=1S/C16H23NO2/c1-5-12(6-2)14(8-4)15-11-9-10-13(7-3)16(15)17(18)19/h9-11H,5-8H2,1-4H3. The maximum atomic E-state index is 11.4. The van der Waals surface area contributed by atoms with Gasteiger partial charge in [-0.05, 0) is 37.3 Å². The van der Waals surface area contributed by atoms with E-state index >= 15 is 0 Å². The first-order valence-electron chi connectivity index (χ1n) is 7.08. The Bertz CT molecular complexity index is 484. The fraction of sp³-hybridized carbons (Fsp3) is 0.500. The van der Waals surface area contributed by atoms with Gasteiger partial charge >= 0.3 is 0 Å². The fourth-order valence-corrected chi connectivity index (χ4v) is 2.64. The molecular formula is C16H23NO2. The lowest BCUT2D eigenvalue weighted by Crippen LogP contribution is -2.01. The zero-order valence-electron chi connectivity index (χ0n) is 12.3. The van der Waals surface area contributed by atoms with Gasteiger partial charge in [-0.2, -0.15) is 0 Å². The number of nitrogens with zero attached hydrogens (tertiary/aromatic N) is 1. The van der Waals surface area contributed by atoms with Crippen molar-refractivity contribution in [2.75, 3.05) is 0 Å². The van der Waals surface area contributed by atoms with Crippen LogP contribution in [0, 0.1) is 10.1 Å². The van der Waals surface area contributed by atoms with E-state index in [1.54, 1.807) is 0 Å². The molecule has 0 N–H and O–H groups in total. The third-order valence-corrected chi connectivity index (χ3v) is 3.64. The first-order chi connectivity index (χ1) is 9.10. The third kappa shape index (κ3) is 3.22. The predicted octanol–water partition coefficient (Wildman–Crippen LogP) is 5.14. The van der Waals surface area contributed by atoms with Crippen LogP contribution in [0.25, 0.3) is 5.57 Å². The molecule has 3 heteroatoms. The molecule has 0 radical (unpaired) electrons. The molecule has 0 heterocycles. The summed E-state index contributed by atoms with van der Waals surface area (Å²) < 4.78 is 0. The minimum absolute atomic E-state index is 0.229. The van der Waals surface area contributed by atoms with Crippen LogP contribution < -0.4 is 0 Å². The number of hydrogen-bond donors (Lipinski definition) is 0. The first kappa shape index (κ1) is 15.4. The molecule has 0 amide bonds. The minimum Gasteiger partial charge on any atom is -0.258 e. The van der Waals surface area contributed by atoms with Crippen molar-refractivity contribution in [1.82, 2.24) is 0 Å². The van der Waals surface area contributed by atoms with Crippen molar-refractivity contribution in [3.05, 3.63) is 45.0 Å². The van der Waals surface area contributed by atoms with Crippen molar-refractivity contribution in [3.8, 4) is 0 Å². The lowest BCUT2D eigenvalue weighted by atomic mass is 9.91. The molecular weight excluding hydrogens is 238 g/mol. The number of aryl methyl sites for hydroxylation is 1. The van der Waals surface area contributed by atoms with Gasteiger partial charge in [-0.1, -0.05) is 45.4 Å². The van der Waals surface area contributed by atoms with Crippen molar-refractivity contribution in [2.45, 2.75) is 53.4 Å². The Morgan fingerprint density at radius 3 is 2.16 bits per heavy atom. The molecule has 0 aliphatic rings. The highest BCUT2D eigenvalue weighted by Crippen LogP contribution is 2.35. The molecule has 0 fully saturated rings. The number of allylic oxidation sites excluding steroid dienone is 2. The number of nitro groups is 1. The molecule has 0 aliphatic carbocycles. The Morgan fingerprint density at radius 2 is 1.74 bits per heavy atom. The van der Waals surface area contributed by atoms with E-state index in [4.69, 9.17) is 0 Å². The van der Waals surface area contributed by atoms with Gasteiger partial charge in [0.2, 0.25) is 0 Å². The van der Waals surface area contributed by atoms with Crippen molar-refractivity contribution in [3.63, 3.8) is 0 Å². The summed E-state index contributed by atoms with van der Waals surface area (Å²) in [6.45, 7) is 8.26. The topological polar surface area (TPSA) is 43.1 Å². The van der Waals surface area contributed by atoms with Gasteiger partial charge in [-0.3, -0.25) is 10.1 Å². The quantitative estimate of drug-likeness (QED) is 0.525. The summed E-state index contributed by atoms with van der Waals surface area (Å²) in [6, 6.07) is 5.67. The second-order valence-electron chi connectivity index (χ2n) is 4.57. The lowest BCUT2D eigenvalue weighted by molar-refractivity contribution is -0.385. The van der Waals surface area contributed by atoms with Gasteiger partial charge in [-0.15, -0.1) is 0 Å². The summed E-state index contributed by atoms with van der Waals surface area (Å²) in [5.41, 5.74) is 4.39. The maximum absolute atomic E-state index is 11.4. The normalized spacial score (nSPS) is 10.3. The Hall–Kier alpha value is -1.64. The zero-order chi connectivity index (χ0) is 14.4. The molecule has 0 spiro atoms. The van der Waals surface area contributed by atoms with Gasteiger partial charge in [0.1, 0.15) is 0 Å². The minimum atomic E-state index is -0.229. The average Bonchev–Trinajstić information content (AvgIpc) is 2.43. The van der Waals surface area contributed by atoms with Crippen LogP contribution in [0.2, 0.25) is 0 Å². The Labute approximate surface area is 115 Å². The van der Waals surface area contributed by atoms with E-state index in [1.165, 1.54) is 5.57 Å². The van der Waals surface area contributed by atoms with Crippen LogP contribution in [0.5, 0.6) is 0 Å². The largest absolute Gasteiger partial charge is 0.279 e. The van der Waals surface area contributed by atoms with Gasteiger partial charge in [0.15, 0.2) is 0 Å². The Balaban J connectivity index is 3.57. The monoisotopic (exact) mass is 261 g/mol. The molecule has 1 aromatic rings. The number of rotatable bonds is 6. The van der Waals surface area contributed by atoms with Crippen molar-refractivity contribution >= 4 is 11.3 Å². The first-order valence-corrected chi connectivity index (χ1v) is 7.08. The summed E-state index contributed by atoms with van der Waals surface area (Å²) in [5.74, 6) is 0. The van der Waals surface area contributed by atoms with Gasteiger partial charge in [-0.25, -0.2) is 0 Å². The molecule has 0 saturated heterocycles. The highest BCUT2D eigenvalue weighted by Gasteiger charge is 2.21. The van der Waals surface area contributed by atoms with Crippen LogP contribution in [0.15, 0.2) is 23.8 Å². The van der Waals surface area contributed by atoms with Crippen molar-refractivity contribution < 1.29 is 4.92 Å². The second kappa shape index (κ2) is 7.07. The van der Waals surface area contributed by atoms with Gasteiger partial charge < -0.3 is 0 Å². The third-order valence-electron chi connectivity index (χ3n) is 3.64. The average molecular weight is 261 g/mol. The molecule has 0 aromatic heterocycles. The van der Waals surface area contributed by atoms with Crippen LogP contribution in [0.4, 0.5) is 5.69 Å². The fourth-order valence-electron chi connectivity index (χ4n) is 2.64.